The average molecular weight is 388 g/mol. The number of hydrogen-bond acceptors (Lipinski definition) is 6. The molecule has 0 amide bonds. The number of aliphatic hydroxyl groups is 1. The number of aromatic nitrogens is 2. The second-order valence-corrected chi connectivity index (χ2v) is 7.13. The van der Waals surface area contributed by atoms with Crippen LogP contribution in [-0.4, -0.2) is 40.6 Å². The second-order valence-electron chi connectivity index (χ2n) is 7.13. The van der Waals surface area contributed by atoms with Crippen molar-refractivity contribution in [3.63, 3.8) is 0 Å². The van der Waals surface area contributed by atoms with Crippen LogP contribution in [0.2, 0.25) is 0 Å². The van der Waals surface area contributed by atoms with E-state index in [2.05, 4.69) is 27.3 Å². The summed E-state index contributed by atoms with van der Waals surface area (Å²) in [6.45, 7) is 1.90. The molecule has 29 heavy (non-hydrogen) atoms. The van der Waals surface area contributed by atoms with Gasteiger partial charge in [0.2, 0.25) is 5.95 Å². The highest BCUT2D eigenvalue weighted by atomic mass is 16.3. The first-order valence-corrected chi connectivity index (χ1v) is 9.84. The molecule has 0 saturated heterocycles. The molecule has 4 rings (SSSR count). The molecule has 0 bridgehead atoms. The predicted molar refractivity (Wildman–Crippen MR) is 113 cm³/mol. The summed E-state index contributed by atoms with van der Waals surface area (Å²) >= 11 is 0. The molecular formula is C23H24N4O2. The van der Waals surface area contributed by atoms with Crippen molar-refractivity contribution in [3.8, 4) is 0 Å². The van der Waals surface area contributed by atoms with E-state index in [1.807, 2.05) is 42.5 Å². The van der Waals surface area contributed by atoms with E-state index >= 15 is 0 Å². The van der Waals surface area contributed by atoms with Gasteiger partial charge < -0.3 is 15.3 Å². The van der Waals surface area contributed by atoms with Crippen LogP contribution in [0, 0.1) is 0 Å². The summed E-state index contributed by atoms with van der Waals surface area (Å²) in [5.74, 6) is 1.28. The monoisotopic (exact) mass is 388 g/mol. The highest BCUT2D eigenvalue weighted by Crippen LogP contribution is 2.22. The van der Waals surface area contributed by atoms with Crippen LogP contribution in [0.25, 0.3) is 0 Å². The van der Waals surface area contributed by atoms with Crippen LogP contribution >= 0.6 is 0 Å². The fraction of sp³-hybridized carbons (Fsp3) is 0.261. The Morgan fingerprint density at radius 2 is 1.83 bits per heavy atom. The van der Waals surface area contributed by atoms with Crippen LogP contribution in [0.5, 0.6) is 0 Å². The summed E-state index contributed by atoms with van der Waals surface area (Å²) in [6.07, 6.45) is 3.50. The lowest BCUT2D eigenvalue weighted by Crippen LogP contribution is -2.27. The molecule has 0 fully saturated rings. The molecule has 1 aliphatic heterocycles. The minimum absolute atomic E-state index is 0.237. The number of nitrogens with one attached hydrogen (secondary N) is 1. The molecule has 0 unspecified atom stereocenters. The van der Waals surface area contributed by atoms with Crippen LogP contribution in [0.4, 0.5) is 11.8 Å². The van der Waals surface area contributed by atoms with E-state index in [0.29, 0.717) is 18.1 Å². The number of nitrogens with zero attached hydrogens (tertiary/aromatic N) is 3. The maximum Gasteiger partial charge on any atom is 0.224 e. The van der Waals surface area contributed by atoms with Gasteiger partial charge in [-0.15, -0.1) is 0 Å². The lowest BCUT2D eigenvalue weighted by Gasteiger charge is -2.21. The van der Waals surface area contributed by atoms with Crippen LogP contribution in [0.15, 0.2) is 60.8 Å². The summed E-state index contributed by atoms with van der Waals surface area (Å²) in [5.41, 5.74) is 4.18. The molecule has 0 radical (unpaired) electrons. The number of benzene rings is 2. The summed E-state index contributed by atoms with van der Waals surface area (Å²) in [5, 5.41) is 12.4. The minimum atomic E-state index is -0.454. The number of Topliss-reactive ketones (excluding diaryl/α,β-unsaturated/α-hetero) is 1. The summed E-state index contributed by atoms with van der Waals surface area (Å²) in [4.78, 5) is 23.1. The first-order chi connectivity index (χ1) is 14.2. The smallest absolute Gasteiger partial charge is 0.224 e. The van der Waals surface area contributed by atoms with Crippen LogP contribution in [0.1, 0.15) is 27.0 Å². The maximum atomic E-state index is 11.8. The molecule has 1 aromatic heterocycles. The van der Waals surface area contributed by atoms with Gasteiger partial charge in [0.05, 0.1) is 0 Å². The van der Waals surface area contributed by atoms with Gasteiger partial charge in [-0.3, -0.25) is 4.79 Å². The maximum absolute atomic E-state index is 11.8. The molecule has 0 aliphatic carbocycles. The van der Waals surface area contributed by atoms with Gasteiger partial charge in [-0.25, -0.2) is 4.98 Å². The normalized spacial score (nSPS) is 13.5. The fourth-order valence-corrected chi connectivity index (χ4v) is 3.61. The molecule has 2 N–H and O–H groups in total. The molecule has 0 saturated carbocycles. The molecule has 3 aromatic rings. The van der Waals surface area contributed by atoms with Gasteiger partial charge in [0.25, 0.3) is 0 Å². The quantitative estimate of drug-likeness (QED) is 0.632. The van der Waals surface area contributed by atoms with E-state index in [9.17, 15) is 4.79 Å². The third-order valence-electron chi connectivity index (χ3n) is 5.23. The minimum Gasteiger partial charge on any atom is -0.388 e. The topological polar surface area (TPSA) is 78.3 Å². The van der Waals surface area contributed by atoms with Crippen molar-refractivity contribution in [2.45, 2.75) is 19.4 Å². The van der Waals surface area contributed by atoms with Crippen molar-refractivity contribution < 1.29 is 9.90 Å². The zero-order valence-electron chi connectivity index (χ0n) is 16.2. The number of ketones is 1. The summed E-state index contributed by atoms with van der Waals surface area (Å²) in [7, 11) is 0. The molecular weight excluding hydrogens is 364 g/mol. The Balaban J connectivity index is 1.44. The Morgan fingerprint density at radius 3 is 2.62 bits per heavy atom. The highest BCUT2D eigenvalue weighted by molar-refractivity contribution is 5.97. The van der Waals surface area contributed by atoms with E-state index in [1.54, 1.807) is 6.20 Å². The van der Waals surface area contributed by atoms with Crippen molar-refractivity contribution in [1.82, 2.24) is 9.97 Å². The van der Waals surface area contributed by atoms with Crippen molar-refractivity contribution >= 4 is 17.5 Å². The standard InChI is InChI=1S/C23H24N4O2/c28-16-21(29)20-7-6-18-9-12-27(13-10-19(18)14-20)22-8-11-24-23(26-22)25-15-17-4-2-1-3-5-17/h1-8,11,14,28H,9-10,12-13,15-16H2,(H,24,25,26). The molecule has 6 heteroatoms. The van der Waals surface area contributed by atoms with Crippen molar-refractivity contribution in [3.05, 3.63) is 83.0 Å². The second kappa shape index (κ2) is 8.84. The molecule has 1 aliphatic rings. The number of aliphatic hydroxyl groups excluding tert-OH is 1. The number of anilines is 2. The number of carbonyl (C=O) groups excluding carboxylic acids is 1. The third-order valence-corrected chi connectivity index (χ3v) is 5.23. The highest BCUT2D eigenvalue weighted by Gasteiger charge is 2.17. The van der Waals surface area contributed by atoms with Crippen LogP contribution in [0.3, 0.4) is 0 Å². The van der Waals surface area contributed by atoms with Gasteiger partial charge in [-0.1, -0.05) is 42.5 Å². The number of carbonyl (C=O) groups is 1. The first-order valence-electron chi connectivity index (χ1n) is 9.84. The van der Waals surface area contributed by atoms with E-state index in [4.69, 9.17) is 10.1 Å². The van der Waals surface area contributed by atoms with Crippen LogP contribution in [-0.2, 0) is 19.4 Å². The largest absolute Gasteiger partial charge is 0.388 e. The lowest BCUT2D eigenvalue weighted by atomic mass is 9.98. The van der Waals surface area contributed by atoms with E-state index < -0.39 is 6.61 Å². The Labute approximate surface area is 170 Å². The molecule has 148 valence electrons. The Hall–Kier alpha value is -3.25. The van der Waals surface area contributed by atoms with Crippen molar-refractivity contribution in [2.24, 2.45) is 0 Å². The zero-order valence-corrected chi connectivity index (χ0v) is 16.2. The van der Waals surface area contributed by atoms with Gasteiger partial charge in [0.1, 0.15) is 12.4 Å². The van der Waals surface area contributed by atoms with Gasteiger partial charge >= 0.3 is 0 Å². The average Bonchev–Trinajstić information content (AvgIpc) is 3.00. The van der Waals surface area contributed by atoms with Gasteiger partial charge in [0.15, 0.2) is 5.78 Å². The van der Waals surface area contributed by atoms with E-state index in [-0.39, 0.29) is 5.78 Å². The Kier molecular flexibility index (Phi) is 5.81. The van der Waals surface area contributed by atoms with Crippen molar-refractivity contribution in [2.75, 3.05) is 29.9 Å². The Morgan fingerprint density at radius 1 is 1.03 bits per heavy atom. The lowest BCUT2D eigenvalue weighted by molar-refractivity contribution is 0.0903. The fourth-order valence-electron chi connectivity index (χ4n) is 3.61. The summed E-state index contributed by atoms with van der Waals surface area (Å²) in [6, 6.07) is 17.8. The number of rotatable bonds is 6. The number of hydrogen-bond donors (Lipinski definition) is 2. The predicted octanol–water partition coefficient (Wildman–Crippen LogP) is 2.87. The van der Waals surface area contributed by atoms with Crippen molar-refractivity contribution in [1.29, 1.82) is 0 Å². The molecule has 2 aromatic carbocycles. The van der Waals surface area contributed by atoms with Crippen LogP contribution < -0.4 is 10.2 Å². The van der Waals surface area contributed by atoms with E-state index in [1.165, 1.54) is 16.7 Å². The van der Waals surface area contributed by atoms with Gasteiger partial charge in [-0.05, 0) is 41.7 Å². The zero-order chi connectivity index (χ0) is 20.1. The third kappa shape index (κ3) is 4.60. The SMILES string of the molecule is O=C(CO)c1ccc2c(c1)CCN(c1ccnc(NCc3ccccc3)n1)CC2. The van der Waals surface area contributed by atoms with Gasteiger partial charge in [-0.2, -0.15) is 4.98 Å². The molecule has 6 nitrogen and oxygen atoms in total. The van der Waals surface area contributed by atoms with E-state index in [0.717, 1.165) is 31.7 Å². The molecule has 2 heterocycles. The summed E-state index contributed by atoms with van der Waals surface area (Å²) < 4.78 is 0. The number of fused-ring (bicyclic) bond motifs is 1. The first kappa shape index (κ1) is 19.1. The molecule has 0 spiro atoms. The van der Waals surface area contributed by atoms with Gasteiger partial charge in [0, 0.05) is 31.4 Å². The molecule has 0 atom stereocenters. The Bertz CT molecular complexity index is 991.